The number of nitrogens with one attached hydrogen (secondary N) is 1. The maximum Gasteiger partial charge on any atom is 0.320 e. The van der Waals surface area contributed by atoms with Gasteiger partial charge in [-0.1, -0.05) is 5.92 Å². The van der Waals surface area contributed by atoms with E-state index < -0.39 is 22.0 Å². The summed E-state index contributed by atoms with van der Waals surface area (Å²) in [4.78, 5) is 28.1. The average molecular weight is 451 g/mol. The largest absolute Gasteiger partial charge is 0.481 e. The molecular weight excluding hydrogens is 424 g/mol. The van der Waals surface area contributed by atoms with Crippen LogP contribution in [0.25, 0.3) is 0 Å². The van der Waals surface area contributed by atoms with E-state index >= 15 is 0 Å². The standard InChI is InChI=1S/C20H26N4O6S/c1-2-3-14-30-16-6-8-17(9-7-16)31(28,29)24-13-12-23(15-18(24)19(25)21-27)20(26)22-10-4-5-11-22/h6-9,18,27H,4-5,10-15H2,1H3,(H,21,25). The van der Waals surface area contributed by atoms with Crippen LogP contribution >= 0.6 is 0 Å². The van der Waals surface area contributed by atoms with Gasteiger partial charge in [0.2, 0.25) is 10.0 Å². The van der Waals surface area contributed by atoms with Crippen LogP contribution in [0.3, 0.4) is 0 Å². The minimum absolute atomic E-state index is 0.0171. The van der Waals surface area contributed by atoms with E-state index in [4.69, 9.17) is 9.94 Å². The summed E-state index contributed by atoms with van der Waals surface area (Å²) in [6.07, 6.45) is 1.84. The van der Waals surface area contributed by atoms with Crippen molar-refractivity contribution < 1.29 is 28.0 Å². The summed E-state index contributed by atoms with van der Waals surface area (Å²) in [6.45, 7) is 3.12. The van der Waals surface area contributed by atoms with Crippen molar-refractivity contribution in [3.63, 3.8) is 0 Å². The van der Waals surface area contributed by atoms with Crippen molar-refractivity contribution >= 4 is 22.0 Å². The molecular formula is C20H26N4O6S. The molecule has 10 nitrogen and oxygen atoms in total. The fourth-order valence-electron chi connectivity index (χ4n) is 3.66. The third-order valence-corrected chi connectivity index (χ3v) is 7.23. The summed E-state index contributed by atoms with van der Waals surface area (Å²) in [6, 6.07) is 4.34. The molecule has 1 atom stereocenters. The number of sulfonamides is 1. The first kappa shape index (κ1) is 22.9. The van der Waals surface area contributed by atoms with Gasteiger partial charge in [-0.15, -0.1) is 5.92 Å². The normalized spacial score (nSPS) is 19.5. The predicted octanol–water partition coefficient (Wildman–Crippen LogP) is 0.485. The van der Waals surface area contributed by atoms with Crippen molar-refractivity contribution in [1.82, 2.24) is 19.6 Å². The van der Waals surface area contributed by atoms with Crippen LogP contribution in [0.5, 0.6) is 5.75 Å². The second-order valence-electron chi connectivity index (χ2n) is 7.22. The van der Waals surface area contributed by atoms with E-state index in [1.807, 2.05) is 0 Å². The molecule has 0 radical (unpaired) electrons. The molecule has 2 fully saturated rings. The molecule has 3 amide bonds. The van der Waals surface area contributed by atoms with Crippen molar-refractivity contribution in [2.24, 2.45) is 0 Å². The molecule has 2 aliphatic rings. The molecule has 2 N–H and O–H groups in total. The smallest absolute Gasteiger partial charge is 0.320 e. The summed E-state index contributed by atoms with van der Waals surface area (Å²) >= 11 is 0. The zero-order valence-electron chi connectivity index (χ0n) is 17.3. The third-order valence-electron chi connectivity index (χ3n) is 5.31. The number of urea groups is 1. The highest BCUT2D eigenvalue weighted by atomic mass is 32.2. The summed E-state index contributed by atoms with van der Waals surface area (Å²) in [5.74, 6) is 5.03. The fourth-order valence-corrected chi connectivity index (χ4v) is 5.23. The number of hydrogen-bond donors (Lipinski definition) is 2. The molecule has 31 heavy (non-hydrogen) atoms. The third kappa shape index (κ3) is 5.10. The van der Waals surface area contributed by atoms with Crippen molar-refractivity contribution in [2.45, 2.75) is 30.7 Å². The Balaban J connectivity index is 1.78. The van der Waals surface area contributed by atoms with Gasteiger partial charge in [0.05, 0.1) is 4.90 Å². The van der Waals surface area contributed by atoms with Crippen LogP contribution in [0.15, 0.2) is 29.2 Å². The molecule has 1 aromatic rings. The lowest BCUT2D eigenvalue weighted by molar-refractivity contribution is -0.134. The van der Waals surface area contributed by atoms with Crippen LogP contribution < -0.4 is 10.2 Å². The number of nitrogens with zero attached hydrogens (tertiary/aromatic N) is 3. The Morgan fingerprint density at radius 1 is 1.13 bits per heavy atom. The molecule has 1 aromatic carbocycles. The van der Waals surface area contributed by atoms with E-state index in [-0.39, 0.29) is 37.2 Å². The first-order valence-electron chi connectivity index (χ1n) is 10.0. The predicted molar refractivity (Wildman–Crippen MR) is 111 cm³/mol. The van der Waals surface area contributed by atoms with Crippen molar-refractivity contribution in [3.8, 4) is 17.6 Å². The first-order chi connectivity index (χ1) is 14.9. The zero-order chi connectivity index (χ0) is 22.4. The topological polar surface area (TPSA) is 119 Å². The van der Waals surface area contributed by atoms with Gasteiger partial charge < -0.3 is 14.5 Å². The number of carbonyl (C=O) groups excluding carboxylic acids is 2. The van der Waals surface area contributed by atoms with E-state index in [0.717, 1.165) is 17.1 Å². The van der Waals surface area contributed by atoms with Crippen LogP contribution in [0.1, 0.15) is 19.8 Å². The highest BCUT2D eigenvalue weighted by Crippen LogP contribution is 2.25. The highest BCUT2D eigenvalue weighted by molar-refractivity contribution is 7.89. The van der Waals surface area contributed by atoms with E-state index in [2.05, 4.69) is 11.8 Å². The Bertz CT molecular complexity index is 964. The second-order valence-corrected chi connectivity index (χ2v) is 9.11. The number of hydroxylamine groups is 1. The van der Waals surface area contributed by atoms with Crippen LogP contribution in [0, 0.1) is 11.8 Å². The Hall–Kier alpha value is -2.81. The van der Waals surface area contributed by atoms with Crippen LogP contribution in [-0.2, 0) is 14.8 Å². The van der Waals surface area contributed by atoms with Gasteiger partial charge in [0.1, 0.15) is 18.4 Å². The SMILES string of the molecule is CC#CCOc1ccc(S(=O)(=O)N2CCN(C(=O)N3CCCC3)CC2C(=O)NO)cc1. The second kappa shape index (κ2) is 10.00. The molecule has 3 rings (SSSR count). The van der Waals surface area contributed by atoms with Gasteiger partial charge in [-0.05, 0) is 44.0 Å². The zero-order valence-corrected chi connectivity index (χ0v) is 18.1. The number of rotatable bonds is 5. The monoisotopic (exact) mass is 450 g/mol. The number of hydrogen-bond acceptors (Lipinski definition) is 6. The quantitative estimate of drug-likeness (QED) is 0.383. The van der Waals surface area contributed by atoms with Crippen molar-refractivity contribution in [3.05, 3.63) is 24.3 Å². The number of likely N-dealkylation sites (tertiary alicyclic amines) is 1. The molecule has 11 heteroatoms. The van der Waals surface area contributed by atoms with Gasteiger partial charge in [-0.25, -0.2) is 18.7 Å². The Morgan fingerprint density at radius 3 is 2.42 bits per heavy atom. The Kier molecular flexibility index (Phi) is 7.37. The molecule has 1 unspecified atom stereocenters. The van der Waals surface area contributed by atoms with E-state index in [1.54, 1.807) is 11.8 Å². The lowest BCUT2D eigenvalue weighted by atomic mass is 10.2. The molecule has 168 valence electrons. The number of benzene rings is 1. The molecule has 0 spiro atoms. The van der Waals surface area contributed by atoms with Crippen LogP contribution in [0.4, 0.5) is 4.79 Å². The molecule has 2 saturated heterocycles. The minimum atomic E-state index is -4.05. The molecule has 0 aromatic heterocycles. The van der Waals surface area contributed by atoms with Crippen molar-refractivity contribution in [2.75, 3.05) is 39.3 Å². The molecule has 2 aliphatic heterocycles. The highest BCUT2D eigenvalue weighted by Gasteiger charge is 2.42. The molecule has 0 saturated carbocycles. The maximum absolute atomic E-state index is 13.2. The van der Waals surface area contributed by atoms with Crippen LogP contribution in [0.2, 0.25) is 0 Å². The number of amides is 3. The van der Waals surface area contributed by atoms with Gasteiger partial charge in [-0.3, -0.25) is 10.0 Å². The van der Waals surface area contributed by atoms with E-state index in [1.165, 1.54) is 34.6 Å². The summed E-state index contributed by atoms with van der Waals surface area (Å²) in [5, 5.41) is 9.15. The number of piperazine rings is 1. The van der Waals surface area contributed by atoms with Gasteiger partial charge in [0, 0.05) is 32.7 Å². The molecule has 0 bridgehead atoms. The first-order valence-corrected chi connectivity index (χ1v) is 11.4. The van der Waals surface area contributed by atoms with E-state index in [9.17, 15) is 18.0 Å². The lowest BCUT2D eigenvalue weighted by Crippen LogP contribution is -2.62. The van der Waals surface area contributed by atoms with Crippen molar-refractivity contribution in [1.29, 1.82) is 0 Å². The maximum atomic E-state index is 13.2. The average Bonchev–Trinajstić information content (AvgIpc) is 3.33. The summed E-state index contributed by atoms with van der Waals surface area (Å²) in [5.41, 5.74) is 1.53. The lowest BCUT2D eigenvalue weighted by Gasteiger charge is -2.40. The van der Waals surface area contributed by atoms with Gasteiger partial charge >= 0.3 is 6.03 Å². The van der Waals surface area contributed by atoms with Gasteiger partial charge in [0.15, 0.2) is 0 Å². The Labute approximate surface area is 181 Å². The molecule has 2 heterocycles. The Morgan fingerprint density at radius 2 is 1.81 bits per heavy atom. The number of carbonyl (C=O) groups is 2. The summed E-state index contributed by atoms with van der Waals surface area (Å²) < 4.78 is 32.8. The van der Waals surface area contributed by atoms with Crippen LogP contribution in [-0.4, -0.2) is 85.0 Å². The number of ether oxygens (including phenoxy) is 1. The summed E-state index contributed by atoms with van der Waals surface area (Å²) in [7, 11) is -4.05. The van der Waals surface area contributed by atoms with E-state index in [0.29, 0.717) is 18.8 Å². The molecule has 0 aliphatic carbocycles. The van der Waals surface area contributed by atoms with Gasteiger partial charge in [-0.2, -0.15) is 4.31 Å². The van der Waals surface area contributed by atoms with Gasteiger partial charge in [0.25, 0.3) is 5.91 Å². The minimum Gasteiger partial charge on any atom is -0.481 e. The fraction of sp³-hybridized carbons (Fsp3) is 0.500.